The average Bonchev–Trinajstić information content (AvgIpc) is 3.02. The Bertz CT molecular complexity index is 452. The number of hydrogen-bond acceptors (Lipinski definition) is 3. The quantitative estimate of drug-likeness (QED) is 0.873. The molecule has 3 nitrogen and oxygen atoms in total. The van der Waals surface area contributed by atoms with Crippen LogP contribution in [0.3, 0.4) is 0 Å². The first-order chi connectivity index (χ1) is 9.21. The first-order valence-corrected chi connectivity index (χ1v) is 7.33. The van der Waals surface area contributed by atoms with E-state index in [4.69, 9.17) is 4.74 Å². The van der Waals surface area contributed by atoms with Crippen LogP contribution in [0.5, 0.6) is 5.75 Å². The number of fused-ring (bicyclic) bond motifs is 1. The molecule has 1 saturated carbocycles. The molecule has 0 bridgehead atoms. The van der Waals surface area contributed by atoms with Gasteiger partial charge in [-0.3, -0.25) is 0 Å². The van der Waals surface area contributed by atoms with Crippen molar-refractivity contribution in [2.75, 3.05) is 13.2 Å². The van der Waals surface area contributed by atoms with Crippen molar-refractivity contribution in [3.8, 4) is 5.75 Å². The third-order valence-corrected chi connectivity index (χ3v) is 4.53. The standard InChI is InChI=1S/C16H23NO2/c1-12-4-5-15-13(8-12)9-14(19-15)10-17-16(11-18)6-2-3-7-16/h4-5,8,14,17-18H,2-3,6-7,9-11H2,1H3. The largest absolute Gasteiger partial charge is 0.488 e. The normalized spacial score (nSPS) is 24.2. The van der Waals surface area contributed by atoms with Crippen LogP contribution in [0.1, 0.15) is 36.8 Å². The molecule has 1 aromatic rings. The number of hydrogen-bond donors (Lipinski definition) is 2. The fourth-order valence-corrected chi connectivity index (χ4v) is 3.34. The summed E-state index contributed by atoms with van der Waals surface area (Å²) in [6.07, 6.45) is 5.80. The minimum absolute atomic E-state index is 0.0476. The van der Waals surface area contributed by atoms with Crippen molar-refractivity contribution < 1.29 is 9.84 Å². The second-order valence-corrected chi connectivity index (χ2v) is 6.08. The van der Waals surface area contributed by atoms with Crippen molar-refractivity contribution in [3.63, 3.8) is 0 Å². The summed E-state index contributed by atoms with van der Waals surface area (Å²) >= 11 is 0. The maximum atomic E-state index is 9.60. The van der Waals surface area contributed by atoms with Gasteiger partial charge >= 0.3 is 0 Å². The van der Waals surface area contributed by atoms with Gasteiger partial charge < -0.3 is 15.2 Å². The lowest BCUT2D eigenvalue weighted by molar-refractivity contribution is 0.141. The van der Waals surface area contributed by atoms with Crippen molar-refractivity contribution in [2.45, 2.75) is 50.7 Å². The van der Waals surface area contributed by atoms with E-state index >= 15 is 0 Å². The van der Waals surface area contributed by atoms with Crippen molar-refractivity contribution in [1.82, 2.24) is 5.32 Å². The first-order valence-electron chi connectivity index (χ1n) is 7.33. The molecule has 0 spiro atoms. The number of benzene rings is 1. The van der Waals surface area contributed by atoms with E-state index in [9.17, 15) is 5.11 Å². The van der Waals surface area contributed by atoms with Crippen molar-refractivity contribution in [1.29, 1.82) is 0 Å². The van der Waals surface area contributed by atoms with Gasteiger partial charge in [0.15, 0.2) is 0 Å². The van der Waals surface area contributed by atoms with Gasteiger partial charge in [-0.15, -0.1) is 0 Å². The molecule has 1 aromatic carbocycles. The zero-order chi connectivity index (χ0) is 13.3. The van der Waals surface area contributed by atoms with E-state index < -0.39 is 0 Å². The van der Waals surface area contributed by atoms with E-state index in [0.29, 0.717) is 0 Å². The van der Waals surface area contributed by atoms with Gasteiger partial charge in [-0.05, 0) is 31.4 Å². The van der Waals surface area contributed by atoms with E-state index in [-0.39, 0.29) is 18.2 Å². The van der Waals surface area contributed by atoms with Gasteiger partial charge in [-0.25, -0.2) is 0 Å². The highest BCUT2D eigenvalue weighted by atomic mass is 16.5. The number of ether oxygens (including phenoxy) is 1. The van der Waals surface area contributed by atoms with Gasteiger partial charge in [0, 0.05) is 18.5 Å². The molecule has 2 aliphatic rings. The minimum Gasteiger partial charge on any atom is -0.488 e. The molecule has 3 heteroatoms. The van der Waals surface area contributed by atoms with Gasteiger partial charge in [-0.2, -0.15) is 0 Å². The molecule has 1 atom stereocenters. The van der Waals surface area contributed by atoms with Crippen LogP contribution in [0.15, 0.2) is 18.2 Å². The molecule has 1 aliphatic carbocycles. The lowest BCUT2D eigenvalue weighted by Crippen LogP contribution is -2.49. The van der Waals surface area contributed by atoms with Crippen molar-refractivity contribution in [2.24, 2.45) is 0 Å². The summed E-state index contributed by atoms with van der Waals surface area (Å²) in [5, 5.41) is 13.2. The Morgan fingerprint density at radius 2 is 2.16 bits per heavy atom. The summed E-state index contributed by atoms with van der Waals surface area (Å²) in [7, 11) is 0. The van der Waals surface area contributed by atoms with Gasteiger partial charge in [0.05, 0.1) is 6.61 Å². The predicted octanol–water partition coefficient (Wildman–Crippen LogP) is 2.19. The molecule has 3 rings (SSSR count). The topological polar surface area (TPSA) is 41.5 Å². The van der Waals surface area contributed by atoms with Crippen LogP contribution in [0.25, 0.3) is 0 Å². The van der Waals surface area contributed by atoms with Gasteiger partial charge in [-0.1, -0.05) is 30.5 Å². The summed E-state index contributed by atoms with van der Waals surface area (Å²) in [5.41, 5.74) is 2.56. The van der Waals surface area contributed by atoms with Crippen LogP contribution in [-0.2, 0) is 6.42 Å². The van der Waals surface area contributed by atoms with Gasteiger partial charge in [0.1, 0.15) is 11.9 Å². The monoisotopic (exact) mass is 261 g/mol. The Kier molecular flexibility index (Phi) is 3.50. The summed E-state index contributed by atoms with van der Waals surface area (Å²) in [4.78, 5) is 0. The lowest BCUT2D eigenvalue weighted by Gasteiger charge is -2.29. The summed E-state index contributed by atoms with van der Waals surface area (Å²) in [6.45, 7) is 3.19. The zero-order valence-electron chi connectivity index (χ0n) is 11.6. The Morgan fingerprint density at radius 1 is 1.37 bits per heavy atom. The molecule has 0 radical (unpaired) electrons. The Hall–Kier alpha value is -1.06. The number of aliphatic hydroxyl groups excluding tert-OH is 1. The van der Waals surface area contributed by atoms with Crippen LogP contribution in [0, 0.1) is 6.92 Å². The highest BCUT2D eigenvalue weighted by Crippen LogP contribution is 2.31. The highest BCUT2D eigenvalue weighted by molar-refractivity contribution is 5.40. The molecule has 104 valence electrons. The lowest BCUT2D eigenvalue weighted by atomic mass is 9.98. The van der Waals surface area contributed by atoms with Crippen LogP contribution >= 0.6 is 0 Å². The number of aryl methyl sites for hydroxylation is 1. The van der Waals surface area contributed by atoms with E-state index in [0.717, 1.165) is 31.6 Å². The molecule has 0 aromatic heterocycles. The van der Waals surface area contributed by atoms with E-state index in [2.05, 4.69) is 30.4 Å². The maximum absolute atomic E-state index is 9.60. The molecule has 1 heterocycles. The Morgan fingerprint density at radius 3 is 2.89 bits per heavy atom. The van der Waals surface area contributed by atoms with Crippen LogP contribution < -0.4 is 10.1 Å². The van der Waals surface area contributed by atoms with Crippen LogP contribution in [0.2, 0.25) is 0 Å². The molecule has 2 N–H and O–H groups in total. The first kappa shape index (κ1) is 12.9. The third kappa shape index (κ3) is 2.63. The molecular weight excluding hydrogens is 238 g/mol. The van der Waals surface area contributed by atoms with E-state index in [1.54, 1.807) is 0 Å². The van der Waals surface area contributed by atoms with Gasteiger partial charge in [0.2, 0.25) is 0 Å². The molecule has 1 fully saturated rings. The predicted molar refractivity (Wildman–Crippen MR) is 75.6 cm³/mol. The fraction of sp³-hybridized carbons (Fsp3) is 0.625. The molecule has 19 heavy (non-hydrogen) atoms. The highest BCUT2D eigenvalue weighted by Gasteiger charge is 2.34. The summed E-state index contributed by atoms with van der Waals surface area (Å²) in [6, 6.07) is 6.38. The van der Waals surface area contributed by atoms with E-state index in [1.807, 2.05) is 0 Å². The zero-order valence-corrected chi connectivity index (χ0v) is 11.6. The number of aliphatic hydroxyl groups is 1. The summed E-state index contributed by atoms with van der Waals surface area (Å²) in [5.74, 6) is 1.03. The molecule has 0 saturated heterocycles. The Balaban J connectivity index is 1.58. The van der Waals surface area contributed by atoms with Crippen LogP contribution in [0.4, 0.5) is 0 Å². The summed E-state index contributed by atoms with van der Waals surface area (Å²) < 4.78 is 5.97. The smallest absolute Gasteiger partial charge is 0.123 e. The number of rotatable bonds is 4. The second kappa shape index (κ2) is 5.14. The molecule has 1 unspecified atom stereocenters. The maximum Gasteiger partial charge on any atom is 0.123 e. The minimum atomic E-state index is -0.0476. The molecular formula is C16H23NO2. The van der Waals surface area contributed by atoms with Crippen molar-refractivity contribution >= 4 is 0 Å². The second-order valence-electron chi connectivity index (χ2n) is 6.08. The average molecular weight is 261 g/mol. The molecule has 1 aliphatic heterocycles. The van der Waals surface area contributed by atoms with Gasteiger partial charge in [0.25, 0.3) is 0 Å². The van der Waals surface area contributed by atoms with Crippen LogP contribution in [-0.4, -0.2) is 29.9 Å². The van der Waals surface area contributed by atoms with E-state index in [1.165, 1.54) is 24.0 Å². The SMILES string of the molecule is Cc1ccc2c(c1)CC(CNC1(CO)CCCC1)O2. The number of nitrogens with one attached hydrogen (secondary N) is 1. The molecule has 0 amide bonds. The third-order valence-electron chi connectivity index (χ3n) is 4.53. The fourth-order valence-electron chi connectivity index (χ4n) is 3.34. The van der Waals surface area contributed by atoms with Crippen molar-refractivity contribution in [3.05, 3.63) is 29.3 Å². The Labute approximate surface area is 115 Å².